The minimum Gasteiger partial charge on any atom is -0.344 e. The van der Waals surface area contributed by atoms with Crippen molar-refractivity contribution in [2.75, 3.05) is 0 Å². The molecule has 1 aliphatic heterocycles. The maximum atomic E-state index is 8.68. The highest BCUT2D eigenvalue weighted by Gasteiger charge is 2.45. The van der Waals surface area contributed by atoms with E-state index < -0.39 is 5.79 Å². The Morgan fingerprint density at radius 3 is 3.00 bits per heavy atom. The Morgan fingerprint density at radius 1 is 1.60 bits per heavy atom. The summed E-state index contributed by atoms with van der Waals surface area (Å²) in [7, 11) is 0. The first kappa shape index (κ1) is 11.1. The van der Waals surface area contributed by atoms with Gasteiger partial charge in [0.05, 0.1) is 12.2 Å². The average Bonchev–Trinajstić information content (AvgIpc) is 2.41. The van der Waals surface area contributed by atoms with Gasteiger partial charge in [0.2, 0.25) is 0 Å². The summed E-state index contributed by atoms with van der Waals surface area (Å²) in [5.41, 5.74) is 0. The maximum Gasteiger partial charge on any atom is 0.164 e. The molecule has 0 radical (unpaired) electrons. The lowest BCUT2D eigenvalue weighted by Gasteiger charge is -2.25. The third-order valence-corrected chi connectivity index (χ3v) is 3.45. The van der Waals surface area contributed by atoms with E-state index in [1.54, 1.807) is 0 Å². The van der Waals surface area contributed by atoms with Crippen molar-refractivity contribution in [1.29, 1.82) is 5.26 Å². The summed E-state index contributed by atoms with van der Waals surface area (Å²) < 4.78 is 12.6. The number of nitrogens with zero attached hydrogens (tertiary/aromatic N) is 1. The normalized spacial score (nSPS) is 38.0. The van der Waals surface area contributed by atoms with E-state index in [-0.39, 0.29) is 18.1 Å². The number of rotatable bonds is 1. The summed E-state index contributed by atoms with van der Waals surface area (Å²) in [5.74, 6) is -0.230. The van der Waals surface area contributed by atoms with Crippen LogP contribution in [-0.2, 0) is 9.47 Å². The minimum absolute atomic E-state index is 0.00921. The van der Waals surface area contributed by atoms with Crippen LogP contribution in [0.1, 0.15) is 26.7 Å². The minimum atomic E-state index is -0.510. The van der Waals surface area contributed by atoms with Gasteiger partial charge in [0.1, 0.15) is 6.10 Å². The van der Waals surface area contributed by atoms with Crippen LogP contribution in [0.15, 0.2) is 10.6 Å². The molecule has 0 saturated carbocycles. The van der Waals surface area contributed by atoms with E-state index in [1.165, 1.54) is 0 Å². The van der Waals surface area contributed by atoms with E-state index in [9.17, 15) is 0 Å². The average molecular weight is 272 g/mol. The van der Waals surface area contributed by atoms with E-state index in [0.717, 1.165) is 10.9 Å². The first-order valence-electron chi connectivity index (χ1n) is 5.11. The molecule has 1 saturated heterocycles. The van der Waals surface area contributed by atoms with Crippen molar-refractivity contribution >= 4 is 15.9 Å². The second-order valence-corrected chi connectivity index (χ2v) is 5.42. The van der Waals surface area contributed by atoms with Crippen LogP contribution < -0.4 is 0 Å². The zero-order chi connectivity index (χ0) is 11.1. The van der Waals surface area contributed by atoms with Crippen LogP contribution in [0.4, 0.5) is 0 Å². The monoisotopic (exact) mass is 271 g/mol. The van der Waals surface area contributed by atoms with Crippen molar-refractivity contribution in [3.8, 4) is 6.07 Å². The molecule has 0 unspecified atom stereocenters. The first-order chi connectivity index (χ1) is 7.02. The van der Waals surface area contributed by atoms with Crippen LogP contribution in [0.25, 0.3) is 0 Å². The van der Waals surface area contributed by atoms with Crippen LogP contribution in [-0.4, -0.2) is 18.0 Å². The van der Waals surface area contributed by atoms with Gasteiger partial charge in [0, 0.05) is 10.9 Å². The predicted molar refractivity (Wildman–Crippen MR) is 59.2 cm³/mol. The second kappa shape index (κ2) is 3.89. The topological polar surface area (TPSA) is 42.2 Å². The number of hydrogen-bond acceptors (Lipinski definition) is 3. The highest BCUT2D eigenvalue weighted by atomic mass is 79.9. The molecular formula is C11H14BrNO2. The molecule has 3 nitrogen and oxygen atoms in total. The quantitative estimate of drug-likeness (QED) is 0.737. The smallest absolute Gasteiger partial charge is 0.164 e. The molecule has 0 bridgehead atoms. The van der Waals surface area contributed by atoms with E-state index in [0.29, 0.717) is 6.42 Å². The Balaban J connectivity index is 2.14. The van der Waals surface area contributed by atoms with Crippen molar-refractivity contribution in [1.82, 2.24) is 0 Å². The Labute approximate surface area is 98.2 Å². The van der Waals surface area contributed by atoms with Crippen LogP contribution in [0.5, 0.6) is 0 Å². The number of ether oxygens (including phenoxy) is 2. The second-order valence-electron chi connectivity index (χ2n) is 4.50. The molecule has 0 N–H and O–H groups in total. The molecule has 1 aliphatic carbocycles. The van der Waals surface area contributed by atoms with Gasteiger partial charge in [-0.05, 0) is 26.2 Å². The molecular weight excluding hydrogens is 258 g/mol. The molecule has 82 valence electrons. The van der Waals surface area contributed by atoms with Crippen LogP contribution in [0.3, 0.4) is 0 Å². The van der Waals surface area contributed by atoms with Crippen LogP contribution in [0, 0.1) is 17.2 Å². The number of allylic oxidation sites excluding steroid dienone is 1. The molecule has 3 atom stereocenters. The Morgan fingerprint density at radius 2 is 2.33 bits per heavy atom. The van der Waals surface area contributed by atoms with E-state index >= 15 is 0 Å². The zero-order valence-corrected chi connectivity index (χ0v) is 10.5. The van der Waals surface area contributed by atoms with Gasteiger partial charge in [-0.15, -0.1) is 0 Å². The van der Waals surface area contributed by atoms with E-state index in [1.807, 2.05) is 13.8 Å². The van der Waals surface area contributed by atoms with Crippen molar-refractivity contribution in [3.05, 3.63) is 10.6 Å². The maximum absolute atomic E-state index is 8.68. The number of hydrogen-bond donors (Lipinski definition) is 0. The van der Waals surface area contributed by atoms with Crippen molar-refractivity contribution in [2.45, 2.75) is 44.7 Å². The summed E-state index contributed by atoms with van der Waals surface area (Å²) in [6.45, 7) is 3.84. The highest BCUT2D eigenvalue weighted by molar-refractivity contribution is 9.11. The highest BCUT2D eigenvalue weighted by Crippen LogP contribution is 2.41. The lowest BCUT2D eigenvalue weighted by atomic mass is 9.90. The molecule has 0 spiro atoms. The Kier molecular flexibility index (Phi) is 2.89. The fraction of sp³-hybridized carbons (Fsp3) is 0.727. The first-order valence-corrected chi connectivity index (χ1v) is 5.91. The SMILES string of the molecule is CC1(C)O[C@H]2C[C@H](CC#N)C=C(Br)[C@H]2O1. The van der Waals surface area contributed by atoms with Crippen LogP contribution >= 0.6 is 15.9 Å². The molecule has 1 heterocycles. The third kappa shape index (κ3) is 2.25. The molecule has 2 rings (SSSR count). The molecule has 4 heteroatoms. The summed E-state index contributed by atoms with van der Waals surface area (Å²) in [4.78, 5) is 0. The number of halogens is 1. The van der Waals surface area contributed by atoms with E-state index in [2.05, 4.69) is 28.1 Å². The van der Waals surface area contributed by atoms with Gasteiger partial charge in [-0.25, -0.2) is 0 Å². The summed E-state index contributed by atoms with van der Waals surface area (Å²) >= 11 is 3.50. The molecule has 1 fully saturated rings. The zero-order valence-electron chi connectivity index (χ0n) is 8.87. The summed E-state index contributed by atoms with van der Waals surface area (Å²) in [6.07, 6.45) is 3.58. The van der Waals surface area contributed by atoms with Gasteiger partial charge in [-0.1, -0.05) is 22.0 Å². The van der Waals surface area contributed by atoms with Crippen LogP contribution in [0.2, 0.25) is 0 Å². The van der Waals surface area contributed by atoms with Gasteiger partial charge in [0.25, 0.3) is 0 Å². The lowest BCUT2D eigenvalue weighted by molar-refractivity contribution is -0.143. The largest absolute Gasteiger partial charge is 0.344 e. The van der Waals surface area contributed by atoms with Gasteiger partial charge >= 0.3 is 0 Å². The fourth-order valence-corrected chi connectivity index (χ4v) is 2.95. The third-order valence-electron chi connectivity index (χ3n) is 2.74. The Hall–Kier alpha value is -0.370. The molecule has 0 aromatic heterocycles. The van der Waals surface area contributed by atoms with Crippen molar-refractivity contribution < 1.29 is 9.47 Å². The molecule has 0 aromatic carbocycles. The molecule has 2 aliphatic rings. The molecule has 0 aromatic rings. The predicted octanol–water partition coefficient (Wildman–Crippen LogP) is 2.72. The Bertz CT molecular complexity index is 332. The van der Waals surface area contributed by atoms with Gasteiger partial charge < -0.3 is 9.47 Å². The van der Waals surface area contributed by atoms with Crippen molar-refractivity contribution in [2.24, 2.45) is 5.92 Å². The standard InChI is InChI=1S/C11H14BrNO2/c1-11(2)14-9-6-7(3-4-13)5-8(12)10(9)15-11/h5,7,9-10H,3,6H2,1-2H3/t7-,9+,10-/m1/s1. The lowest BCUT2D eigenvalue weighted by Crippen LogP contribution is -2.29. The van der Waals surface area contributed by atoms with Gasteiger partial charge in [-0.3, -0.25) is 0 Å². The van der Waals surface area contributed by atoms with Gasteiger partial charge in [0.15, 0.2) is 5.79 Å². The number of nitriles is 1. The van der Waals surface area contributed by atoms with E-state index in [4.69, 9.17) is 14.7 Å². The fourth-order valence-electron chi connectivity index (χ4n) is 2.19. The molecule has 0 amide bonds. The summed E-state index contributed by atoms with van der Waals surface area (Å²) in [6, 6.07) is 2.20. The van der Waals surface area contributed by atoms with Crippen molar-refractivity contribution in [3.63, 3.8) is 0 Å². The number of fused-ring (bicyclic) bond motifs is 1. The van der Waals surface area contributed by atoms with Gasteiger partial charge in [-0.2, -0.15) is 5.26 Å². The summed E-state index contributed by atoms with van der Waals surface area (Å²) in [5, 5.41) is 8.68. The molecule has 15 heavy (non-hydrogen) atoms.